The van der Waals surface area contributed by atoms with E-state index in [4.69, 9.17) is 0 Å². The van der Waals surface area contributed by atoms with E-state index < -0.39 is 0 Å². The molecule has 0 bridgehead atoms. The van der Waals surface area contributed by atoms with Crippen molar-refractivity contribution in [1.29, 1.82) is 0 Å². The molecule has 0 fully saturated rings. The molecule has 0 atom stereocenters. The topological polar surface area (TPSA) is 44.9 Å². The zero-order chi connectivity index (χ0) is 13.2. The van der Waals surface area contributed by atoms with Crippen molar-refractivity contribution in [2.24, 2.45) is 0 Å². The summed E-state index contributed by atoms with van der Waals surface area (Å²) in [7, 11) is 0. The van der Waals surface area contributed by atoms with Gasteiger partial charge in [0.1, 0.15) is 0 Å². The number of hydrogen-bond donors (Lipinski definition) is 2. The second-order valence-electron chi connectivity index (χ2n) is 4.49. The Hall–Kier alpha value is -2.55. The molecule has 0 aliphatic rings. The van der Waals surface area contributed by atoms with Crippen molar-refractivity contribution in [2.45, 2.75) is 6.92 Å². The molecule has 2 N–H and O–H groups in total. The van der Waals surface area contributed by atoms with Crippen molar-refractivity contribution >= 4 is 22.5 Å². The monoisotopic (exact) mass is 250 g/mol. The number of aryl methyl sites for hydroxylation is 1. The van der Waals surface area contributed by atoms with Crippen molar-refractivity contribution in [3.05, 3.63) is 65.9 Å². The zero-order valence-electron chi connectivity index (χ0n) is 10.6. The highest BCUT2D eigenvalue weighted by molar-refractivity contribution is 6.13. The van der Waals surface area contributed by atoms with Crippen molar-refractivity contribution in [3.8, 4) is 0 Å². The molecular formula is C16H14N2O. The molecule has 0 aliphatic heterocycles. The Kier molecular flexibility index (Phi) is 2.80. The van der Waals surface area contributed by atoms with E-state index >= 15 is 0 Å². The third-order valence-electron chi connectivity index (χ3n) is 3.15. The van der Waals surface area contributed by atoms with Crippen LogP contribution in [-0.2, 0) is 0 Å². The number of benzene rings is 2. The second-order valence-corrected chi connectivity index (χ2v) is 4.49. The summed E-state index contributed by atoms with van der Waals surface area (Å²) < 4.78 is 0. The van der Waals surface area contributed by atoms with Gasteiger partial charge in [0.05, 0.1) is 5.56 Å². The van der Waals surface area contributed by atoms with Crippen LogP contribution in [0.5, 0.6) is 0 Å². The van der Waals surface area contributed by atoms with E-state index in [1.54, 1.807) is 0 Å². The van der Waals surface area contributed by atoms with Gasteiger partial charge >= 0.3 is 0 Å². The van der Waals surface area contributed by atoms with Gasteiger partial charge in [0.25, 0.3) is 5.91 Å². The van der Waals surface area contributed by atoms with Crippen LogP contribution in [0.3, 0.4) is 0 Å². The molecule has 0 aliphatic carbocycles. The normalized spacial score (nSPS) is 10.6. The van der Waals surface area contributed by atoms with Crippen LogP contribution >= 0.6 is 0 Å². The van der Waals surface area contributed by atoms with Crippen molar-refractivity contribution in [2.75, 3.05) is 5.32 Å². The smallest absolute Gasteiger partial charge is 0.258 e. The molecule has 94 valence electrons. The Morgan fingerprint density at radius 2 is 1.68 bits per heavy atom. The maximum absolute atomic E-state index is 12.4. The van der Waals surface area contributed by atoms with Gasteiger partial charge in [0, 0.05) is 22.3 Å². The fraction of sp³-hybridized carbons (Fsp3) is 0.0625. The van der Waals surface area contributed by atoms with Crippen molar-refractivity contribution in [1.82, 2.24) is 4.98 Å². The average molecular weight is 250 g/mol. The van der Waals surface area contributed by atoms with Crippen LogP contribution in [0.25, 0.3) is 10.9 Å². The molecule has 3 rings (SSSR count). The lowest BCUT2D eigenvalue weighted by molar-refractivity contribution is 0.102. The summed E-state index contributed by atoms with van der Waals surface area (Å²) >= 11 is 0. The lowest BCUT2D eigenvalue weighted by Gasteiger charge is -2.05. The quantitative estimate of drug-likeness (QED) is 0.715. The van der Waals surface area contributed by atoms with Crippen LogP contribution in [0.1, 0.15) is 16.1 Å². The summed E-state index contributed by atoms with van der Waals surface area (Å²) in [5.74, 6) is -0.0823. The van der Waals surface area contributed by atoms with E-state index in [0.717, 1.165) is 22.3 Å². The number of amides is 1. The van der Waals surface area contributed by atoms with Crippen LogP contribution in [0, 0.1) is 6.92 Å². The van der Waals surface area contributed by atoms with E-state index in [-0.39, 0.29) is 5.91 Å². The molecule has 3 nitrogen and oxygen atoms in total. The average Bonchev–Trinajstić information content (AvgIpc) is 2.75. The van der Waals surface area contributed by atoms with E-state index in [0.29, 0.717) is 5.56 Å². The van der Waals surface area contributed by atoms with Gasteiger partial charge in [-0.25, -0.2) is 0 Å². The molecular weight excluding hydrogens is 236 g/mol. The third-order valence-corrected chi connectivity index (χ3v) is 3.15. The van der Waals surface area contributed by atoms with Crippen molar-refractivity contribution < 1.29 is 4.79 Å². The third kappa shape index (κ3) is 2.10. The number of rotatable bonds is 2. The van der Waals surface area contributed by atoms with Gasteiger partial charge in [-0.05, 0) is 25.1 Å². The summed E-state index contributed by atoms with van der Waals surface area (Å²) in [6, 6.07) is 17.3. The molecule has 0 saturated carbocycles. The summed E-state index contributed by atoms with van der Waals surface area (Å²) in [4.78, 5) is 15.6. The van der Waals surface area contributed by atoms with Gasteiger partial charge in [0.2, 0.25) is 0 Å². The molecule has 0 unspecified atom stereocenters. The maximum atomic E-state index is 12.4. The van der Waals surface area contributed by atoms with E-state index in [1.807, 2.05) is 61.5 Å². The molecule has 3 heteroatoms. The lowest BCUT2D eigenvalue weighted by Crippen LogP contribution is -2.12. The molecule has 3 aromatic rings. The SMILES string of the molecule is Cc1[nH]c2ccccc2c1C(=O)Nc1ccccc1. The molecule has 0 radical (unpaired) electrons. The summed E-state index contributed by atoms with van der Waals surface area (Å²) in [5, 5.41) is 3.87. The fourth-order valence-corrected chi connectivity index (χ4v) is 2.28. The van der Waals surface area contributed by atoms with E-state index in [1.165, 1.54) is 0 Å². The van der Waals surface area contributed by atoms with E-state index in [2.05, 4.69) is 10.3 Å². The number of aromatic amines is 1. The van der Waals surface area contributed by atoms with Gasteiger partial charge < -0.3 is 10.3 Å². The molecule has 1 amide bonds. The van der Waals surface area contributed by atoms with Gasteiger partial charge in [-0.15, -0.1) is 0 Å². The molecule has 19 heavy (non-hydrogen) atoms. The Balaban J connectivity index is 2.00. The van der Waals surface area contributed by atoms with Crippen molar-refractivity contribution in [3.63, 3.8) is 0 Å². The Morgan fingerprint density at radius 1 is 1.00 bits per heavy atom. The number of hydrogen-bond acceptors (Lipinski definition) is 1. The minimum Gasteiger partial charge on any atom is -0.358 e. The van der Waals surface area contributed by atoms with Crippen LogP contribution in [0.4, 0.5) is 5.69 Å². The van der Waals surface area contributed by atoms with E-state index in [9.17, 15) is 4.79 Å². The zero-order valence-corrected chi connectivity index (χ0v) is 10.6. The largest absolute Gasteiger partial charge is 0.358 e. The molecule has 1 aromatic heterocycles. The first-order valence-electron chi connectivity index (χ1n) is 6.19. The highest BCUT2D eigenvalue weighted by Gasteiger charge is 2.15. The predicted octanol–water partition coefficient (Wildman–Crippen LogP) is 3.73. The summed E-state index contributed by atoms with van der Waals surface area (Å²) in [5.41, 5.74) is 3.38. The second kappa shape index (κ2) is 4.61. The van der Waals surface area contributed by atoms with Crippen LogP contribution in [-0.4, -0.2) is 10.9 Å². The molecule has 2 aromatic carbocycles. The van der Waals surface area contributed by atoms with Crippen LogP contribution in [0.15, 0.2) is 54.6 Å². The number of H-pyrrole nitrogens is 1. The Labute approximate surface area is 111 Å². The van der Waals surface area contributed by atoms with Gasteiger partial charge in [0.15, 0.2) is 0 Å². The number of carbonyl (C=O) groups is 1. The minimum atomic E-state index is -0.0823. The van der Waals surface area contributed by atoms with Crippen LogP contribution in [0.2, 0.25) is 0 Å². The first kappa shape index (κ1) is 11.5. The highest BCUT2D eigenvalue weighted by atomic mass is 16.1. The first-order chi connectivity index (χ1) is 9.25. The number of carbonyl (C=O) groups excluding carboxylic acids is 1. The highest BCUT2D eigenvalue weighted by Crippen LogP contribution is 2.22. The number of aromatic nitrogens is 1. The Morgan fingerprint density at radius 3 is 2.47 bits per heavy atom. The van der Waals surface area contributed by atoms with Gasteiger partial charge in [-0.1, -0.05) is 36.4 Å². The molecule has 0 spiro atoms. The Bertz CT molecular complexity index is 729. The lowest BCUT2D eigenvalue weighted by atomic mass is 10.1. The number of fused-ring (bicyclic) bond motifs is 1. The first-order valence-corrected chi connectivity index (χ1v) is 6.19. The molecule has 0 saturated heterocycles. The maximum Gasteiger partial charge on any atom is 0.258 e. The number of nitrogens with one attached hydrogen (secondary N) is 2. The van der Waals surface area contributed by atoms with Gasteiger partial charge in [-0.3, -0.25) is 4.79 Å². The van der Waals surface area contributed by atoms with Crippen LogP contribution < -0.4 is 5.32 Å². The minimum absolute atomic E-state index is 0.0823. The standard InChI is InChI=1S/C16H14N2O/c1-11-15(13-9-5-6-10-14(13)17-11)16(19)18-12-7-3-2-4-8-12/h2-10,17H,1H3,(H,18,19). The number of para-hydroxylation sites is 2. The molecule has 1 heterocycles. The van der Waals surface area contributed by atoms with Gasteiger partial charge in [-0.2, -0.15) is 0 Å². The summed E-state index contributed by atoms with van der Waals surface area (Å²) in [6.07, 6.45) is 0. The predicted molar refractivity (Wildman–Crippen MR) is 77.4 cm³/mol. The summed E-state index contributed by atoms with van der Waals surface area (Å²) in [6.45, 7) is 1.92. The fourth-order valence-electron chi connectivity index (χ4n) is 2.28. The number of anilines is 1.